The summed E-state index contributed by atoms with van der Waals surface area (Å²) in [6.07, 6.45) is 3.91. The number of nitrogens with one attached hydrogen (secondary N) is 1. The summed E-state index contributed by atoms with van der Waals surface area (Å²) in [7, 11) is 6.86. The lowest BCUT2D eigenvalue weighted by molar-refractivity contribution is 0.351. The summed E-state index contributed by atoms with van der Waals surface area (Å²) in [6.45, 7) is 12.3. The van der Waals surface area contributed by atoms with Gasteiger partial charge in [-0.1, -0.05) is 34.6 Å². The molecule has 0 aliphatic heterocycles. The number of nitrogens with zero attached hydrogens (tertiary/aromatic N) is 7. The van der Waals surface area contributed by atoms with E-state index >= 15 is 0 Å². The molecule has 6 rings (SSSR count). The highest BCUT2D eigenvalue weighted by molar-refractivity contribution is 5.50. The molecule has 0 unspecified atom stereocenters. The average molecular weight is 683 g/mol. The van der Waals surface area contributed by atoms with Crippen molar-refractivity contribution >= 4 is 11.6 Å². The molecule has 4 aromatic heterocycles. The molecule has 6 aromatic rings. The Morgan fingerprint density at radius 1 is 0.680 bits per heavy atom. The third-order valence-corrected chi connectivity index (χ3v) is 8.67. The highest BCUT2D eigenvalue weighted by atomic mass is 16.5. The van der Waals surface area contributed by atoms with Crippen LogP contribution in [0.15, 0.2) is 70.0 Å². The van der Waals surface area contributed by atoms with E-state index in [1.165, 1.54) is 0 Å². The Bertz CT molecular complexity index is 1970. The van der Waals surface area contributed by atoms with Gasteiger partial charge in [0.2, 0.25) is 0 Å². The number of anilines is 2. The van der Waals surface area contributed by atoms with Crippen LogP contribution >= 0.6 is 0 Å². The monoisotopic (exact) mass is 682 g/mol. The van der Waals surface area contributed by atoms with Gasteiger partial charge in [0.25, 0.3) is 0 Å². The second-order valence-electron chi connectivity index (χ2n) is 11.9. The third kappa shape index (κ3) is 8.11. The number of methoxy groups -OCH3 is 3. The van der Waals surface area contributed by atoms with Crippen molar-refractivity contribution < 1.29 is 23.3 Å². The van der Waals surface area contributed by atoms with E-state index < -0.39 is 0 Å². The fraction of sp³-hybridized carbons (Fsp3) is 0.351. The van der Waals surface area contributed by atoms with Crippen LogP contribution in [0.3, 0.4) is 0 Å². The zero-order chi connectivity index (χ0) is 35.8. The van der Waals surface area contributed by atoms with Crippen molar-refractivity contribution in [2.75, 3.05) is 38.6 Å². The van der Waals surface area contributed by atoms with Gasteiger partial charge in [-0.2, -0.15) is 10.2 Å². The Morgan fingerprint density at radius 3 is 1.78 bits per heavy atom. The van der Waals surface area contributed by atoms with Crippen molar-refractivity contribution in [1.82, 2.24) is 29.9 Å². The molecule has 50 heavy (non-hydrogen) atoms. The van der Waals surface area contributed by atoms with Crippen LogP contribution in [0.5, 0.6) is 17.2 Å². The van der Waals surface area contributed by atoms with Crippen molar-refractivity contribution in [2.24, 2.45) is 0 Å². The molecular weight excluding hydrogens is 636 g/mol. The van der Waals surface area contributed by atoms with Gasteiger partial charge in [0.1, 0.15) is 23.1 Å². The van der Waals surface area contributed by atoms with E-state index in [1.807, 2.05) is 99.0 Å². The molecule has 1 N–H and O–H groups in total. The van der Waals surface area contributed by atoms with Crippen LogP contribution in [0.4, 0.5) is 11.6 Å². The van der Waals surface area contributed by atoms with E-state index in [-0.39, 0.29) is 0 Å². The van der Waals surface area contributed by atoms with Crippen LogP contribution in [-0.2, 0) is 26.2 Å². The van der Waals surface area contributed by atoms with E-state index in [4.69, 9.17) is 28.4 Å². The number of hydrogen-bond donors (Lipinski definition) is 1. The summed E-state index contributed by atoms with van der Waals surface area (Å²) in [6, 6.07) is 16.0. The van der Waals surface area contributed by atoms with Crippen LogP contribution < -0.4 is 24.4 Å². The predicted octanol–water partition coefficient (Wildman–Crippen LogP) is 6.66. The minimum atomic E-state index is 0.583. The first-order valence-electron chi connectivity index (χ1n) is 16.3. The smallest absolute Gasteiger partial charge is 0.165 e. The molecule has 13 heteroatoms. The highest BCUT2D eigenvalue weighted by Gasteiger charge is 2.19. The molecular formula is C37H46N8O5. The van der Waals surface area contributed by atoms with Gasteiger partial charge in [-0.25, -0.2) is 0 Å². The van der Waals surface area contributed by atoms with Crippen molar-refractivity contribution in [3.8, 4) is 17.2 Å². The van der Waals surface area contributed by atoms with Gasteiger partial charge in [0, 0.05) is 61.4 Å². The minimum Gasteiger partial charge on any atom is -0.496 e. The Morgan fingerprint density at radius 2 is 1.24 bits per heavy atom. The second kappa shape index (κ2) is 16.1. The fourth-order valence-corrected chi connectivity index (χ4v) is 5.73. The van der Waals surface area contributed by atoms with E-state index in [0.29, 0.717) is 31.9 Å². The Labute approximate surface area is 292 Å². The number of benzene rings is 2. The largest absolute Gasteiger partial charge is 0.496 e. The standard InChI is InChI=1S/C27H32N4O4.C10H14N4O/c1-18-21(9-7-11-24(18)32-4)15-30(16-22-10-8-12-25(33-5)27(22)34-6)26-13-14-31(28-26)17-23-19(2)29-35-20(23)3;1-7-9(8(2)15-13-7)6-14-5-4-10(11-3)12-14/h7-14H,15-17H2,1-6H3;4-5H,6H2,1-3H3,(H,11,12). The summed E-state index contributed by atoms with van der Waals surface area (Å²) >= 11 is 0. The molecule has 0 aliphatic carbocycles. The van der Waals surface area contributed by atoms with Gasteiger partial charge in [-0.05, 0) is 57.9 Å². The molecule has 0 spiro atoms. The van der Waals surface area contributed by atoms with Crippen molar-refractivity contribution in [2.45, 2.75) is 60.8 Å². The molecule has 0 aliphatic rings. The zero-order valence-electron chi connectivity index (χ0n) is 30.3. The van der Waals surface area contributed by atoms with E-state index in [1.54, 1.807) is 21.3 Å². The van der Waals surface area contributed by atoms with Gasteiger partial charge < -0.3 is 33.5 Å². The summed E-state index contributed by atoms with van der Waals surface area (Å²) in [5.74, 6) is 5.67. The summed E-state index contributed by atoms with van der Waals surface area (Å²) in [5.41, 5.74) is 7.22. The lowest BCUT2D eigenvalue weighted by atomic mass is 10.1. The summed E-state index contributed by atoms with van der Waals surface area (Å²) in [4.78, 5) is 2.23. The van der Waals surface area contributed by atoms with Crippen LogP contribution in [0.1, 0.15) is 50.7 Å². The molecule has 0 amide bonds. The fourth-order valence-electron chi connectivity index (χ4n) is 5.73. The maximum atomic E-state index is 5.70. The second-order valence-corrected chi connectivity index (χ2v) is 11.9. The predicted molar refractivity (Wildman–Crippen MR) is 191 cm³/mol. The zero-order valence-corrected chi connectivity index (χ0v) is 30.3. The first-order valence-corrected chi connectivity index (χ1v) is 16.3. The highest BCUT2D eigenvalue weighted by Crippen LogP contribution is 2.33. The van der Waals surface area contributed by atoms with Crippen LogP contribution in [-0.4, -0.2) is 58.3 Å². The first-order chi connectivity index (χ1) is 24.1. The quantitative estimate of drug-likeness (QED) is 0.140. The molecule has 0 saturated heterocycles. The molecule has 13 nitrogen and oxygen atoms in total. The van der Waals surface area contributed by atoms with E-state index in [9.17, 15) is 0 Å². The Balaban J connectivity index is 0.000000269. The van der Waals surface area contributed by atoms with Gasteiger partial charge >= 0.3 is 0 Å². The SMILES string of the molecule is CNc1ccn(Cc2c(C)noc2C)n1.COc1cccc(CN(Cc2cccc(OC)c2OC)c2ccn(Cc3c(C)noc3C)n2)c1C. The molecule has 0 saturated carbocycles. The first kappa shape index (κ1) is 35.6. The molecule has 0 fully saturated rings. The van der Waals surface area contributed by atoms with Gasteiger partial charge in [0.15, 0.2) is 17.3 Å². The number of ether oxygens (including phenoxy) is 3. The van der Waals surface area contributed by atoms with Crippen LogP contribution in [0, 0.1) is 34.6 Å². The normalized spacial score (nSPS) is 10.8. The molecule has 0 bridgehead atoms. The average Bonchev–Trinajstić information content (AvgIpc) is 3.92. The maximum absolute atomic E-state index is 5.70. The van der Waals surface area contributed by atoms with Crippen LogP contribution in [0.25, 0.3) is 0 Å². The Kier molecular flexibility index (Phi) is 11.5. The van der Waals surface area contributed by atoms with E-state index in [0.717, 1.165) is 73.9 Å². The minimum absolute atomic E-state index is 0.583. The maximum Gasteiger partial charge on any atom is 0.165 e. The molecule has 264 valence electrons. The Hall–Kier alpha value is -5.72. The van der Waals surface area contributed by atoms with E-state index in [2.05, 4.69) is 38.6 Å². The number of rotatable bonds is 13. The lowest BCUT2D eigenvalue weighted by Crippen LogP contribution is -2.24. The number of hydrogen-bond acceptors (Lipinski definition) is 11. The third-order valence-electron chi connectivity index (χ3n) is 8.67. The van der Waals surface area contributed by atoms with Gasteiger partial charge in [-0.3, -0.25) is 9.36 Å². The summed E-state index contributed by atoms with van der Waals surface area (Å²) in [5, 5.41) is 20.2. The molecule has 2 aromatic carbocycles. The topological polar surface area (TPSA) is 131 Å². The molecule has 4 heterocycles. The van der Waals surface area contributed by atoms with Crippen LogP contribution in [0.2, 0.25) is 0 Å². The van der Waals surface area contributed by atoms with Gasteiger partial charge in [0.05, 0.1) is 45.8 Å². The van der Waals surface area contributed by atoms with Crippen molar-refractivity contribution in [3.63, 3.8) is 0 Å². The molecule has 0 atom stereocenters. The number of para-hydroxylation sites is 1. The van der Waals surface area contributed by atoms with Crippen molar-refractivity contribution in [1.29, 1.82) is 0 Å². The molecule has 0 radical (unpaired) electrons. The summed E-state index contributed by atoms with van der Waals surface area (Å²) < 4.78 is 31.0. The van der Waals surface area contributed by atoms with Crippen molar-refractivity contribution in [3.05, 3.63) is 112 Å². The number of aromatic nitrogens is 6. The lowest BCUT2D eigenvalue weighted by Gasteiger charge is -2.25. The number of aryl methyl sites for hydroxylation is 4. The van der Waals surface area contributed by atoms with Gasteiger partial charge in [-0.15, -0.1) is 0 Å².